The SMILES string of the molecule is NCCCN1CCCN(CC2COc3ccccc32)CC1. The Morgan fingerprint density at radius 3 is 2.81 bits per heavy atom. The summed E-state index contributed by atoms with van der Waals surface area (Å²) in [5, 5.41) is 0. The third kappa shape index (κ3) is 3.76. The van der Waals surface area contributed by atoms with Crippen molar-refractivity contribution in [2.24, 2.45) is 5.73 Å². The molecule has 0 aromatic heterocycles. The topological polar surface area (TPSA) is 41.7 Å². The molecule has 0 radical (unpaired) electrons. The van der Waals surface area contributed by atoms with E-state index in [-0.39, 0.29) is 0 Å². The summed E-state index contributed by atoms with van der Waals surface area (Å²) in [4.78, 5) is 5.17. The van der Waals surface area contributed by atoms with Crippen molar-refractivity contribution >= 4 is 0 Å². The molecule has 0 aliphatic carbocycles. The number of rotatable bonds is 5. The first-order valence-electron chi connectivity index (χ1n) is 8.23. The van der Waals surface area contributed by atoms with Gasteiger partial charge in [0.05, 0.1) is 6.61 Å². The molecule has 0 saturated carbocycles. The standard InChI is InChI=1S/C17H27N3O/c18-7-3-8-19-9-4-10-20(12-11-19)13-15-14-21-17-6-2-1-5-16(15)17/h1-2,5-6,15H,3-4,7-14,18H2. The number of para-hydroxylation sites is 1. The van der Waals surface area contributed by atoms with Crippen LogP contribution in [0.2, 0.25) is 0 Å². The smallest absolute Gasteiger partial charge is 0.122 e. The Balaban J connectivity index is 1.52. The molecular formula is C17H27N3O. The molecule has 21 heavy (non-hydrogen) atoms. The lowest BCUT2D eigenvalue weighted by Crippen LogP contribution is -2.34. The highest BCUT2D eigenvalue weighted by Gasteiger charge is 2.26. The number of nitrogens with zero attached hydrogens (tertiary/aromatic N) is 2. The molecule has 2 N–H and O–H groups in total. The first-order chi connectivity index (χ1) is 10.4. The largest absolute Gasteiger partial charge is 0.493 e. The van der Waals surface area contributed by atoms with Gasteiger partial charge in [0, 0.05) is 31.1 Å². The molecule has 2 heterocycles. The number of hydrogen-bond acceptors (Lipinski definition) is 4. The molecule has 1 aromatic carbocycles. The molecule has 0 spiro atoms. The van der Waals surface area contributed by atoms with Crippen molar-refractivity contribution in [3.63, 3.8) is 0 Å². The summed E-state index contributed by atoms with van der Waals surface area (Å²) in [5.74, 6) is 1.62. The van der Waals surface area contributed by atoms with Crippen molar-refractivity contribution in [1.82, 2.24) is 9.80 Å². The van der Waals surface area contributed by atoms with Crippen molar-refractivity contribution in [3.8, 4) is 5.75 Å². The van der Waals surface area contributed by atoms with Gasteiger partial charge in [0.25, 0.3) is 0 Å². The van der Waals surface area contributed by atoms with Crippen molar-refractivity contribution in [3.05, 3.63) is 29.8 Å². The van der Waals surface area contributed by atoms with Gasteiger partial charge in [-0.15, -0.1) is 0 Å². The summed E-state index contributed by atoms with van der Waals surface area (Å²) < 4.78 is 5.81. The van der Waals surface area contributed by atoms with Crippen molar-refractivity contribution < 1.29 is 4.74 Å². The second-order valence-electron chi connectivity index (χ2n) is 6.18. The van der Waals surface area contributed by atoms with Crippen LogP contribution in [-0.2, 0) is 0 Å². The molecule has 4 heteroatoms. The zero-order valence-electron chi connectivity index (χ0n) is 12.8. The quantitative estimate of drug-likeness (QED) is 0.892. The number of ether oxygens (including phenoxy) is 1. The molecule has 1 unspecified atom stereocenters. The molecule has 3 rings (SSSR count). The Hall–Kier alpha value is -1.10. The van der Waals surface area contributed by atoms with Crippen LogP contribution in [0.5, 0.6) is 5.75 Å². The van der Waals surface area contributed by atoms with Crippen LogP contribution in [0.3, 0.4) is 0 Å². The maximum atomic E-state index is 5.81. The highest BCUT2D eigenvalue weighted by Crippen LogP contribution is 2.33. The van der Waals surface area contributed by atoms with E-state index in [9.17, 15) is 0 Å². The average molecular weight is 289 g/mol. The van der Waals surface area contributed by atoms with Crippen LogP contribution >= 0.6 is 0 Å². The van der Waals surface area contributed by atoms with E-state index < -0.39 is 0 Å². The zero-order chi connectivity index (χ0) is 14.5. The molecule has 1 aromatic rings. The third-order valence-electron chi connectivity index (χ3n) is 4.64. The zero-order valence-corrected chi connectivity index (χ0v) is 12.8. The fraction of sp³-hybridized carbons (Fsp3) is 0.647. The lowest BCUT2D eigenvalue weighted by molar-refractivity contribution is 0.229. The Kier molecular flexibility index (Phi) is 5.12. The van der Waals surface area contributed by atoms with Gasteiger partial charge in [0.1, 0.15) is 5.75 Å². The number of nitrogens with two attached hydrogens (primary N) is 1. The van der Waals surface area contributed by atoms with Crippen LogP contribution in [-0.4, -0.2) is 62.2 Å². The van der Waals surface area contributed by atoms with Gasteiger partial charge in [-0.05, 0) is 45.1 Å². The van der Waals surface area contributed by atoms with Crippen LogP contribution in [0.25, 0.3) is 0 Å². The van der Waals surface area contributed by atoms with Gasteiger partial charge in [-0.3, -0.25) is 0 Å². The summed E-state index contributed by atoms with van der Waals surface area (Å²) in [6.45, 7) is 8.69. The molecular weight excluding hydrogens is 262 g/mol. The Labute approximate surface area is 127 Å². The summed E-state index contributed by atoms with van der Waals surface area (Å²) in [7, 11) is 0. The van der Waals surface area contributed by atoms with E-state index in [0.717, 1.165) is 38.4 Å². The summed E-state index contributed by atoms with van der Waals surface area (Å²) >= 11 is 0. The predicted molar refractivity (Wildman–Crippen MR) is 85.8 cm³/mol. The Morgan fingerprint density at radius 1 is 1.10 bits per heavy atom. The second kappa shape index (κ2) is 7.25. The lowest BCUT2D eigenvalue weighted by atomic mass is 10.0. The maximum absolute atomic E-state index is 5.81. The molecule has 4 nitrogen and oxygen atoms in total. The van der Waals surface area contributed by atoms with Crippen molar-refractivity contribution in [1.29, 1.82) is 0 Å². The fourth-order valence-corrected chi connectivity index (χ4v) is 3.44. The summed E-state index contributed by atoms with van der Waals surface area (Å²) in [6.07, 6.45) is 2.38. The van der Waals surface area contributed by atoms with E-state index in [1.54, 1.807) is 0 Å². The Bertz CT molecular complexity index is 451. The molecule has 2 aliphatic rings. The van der Waals surface area contributed by atoms with Gasteiger partial charge >= 0.3 is 0 Å². The summed E-state index contributed by atoms with van der Waals surface area (Å²) in [5.41, 5.74) is 7.01. The van der Waals surface area contributed by atoms with Gasteiger partial charge in [0.2, 0.25) is 0 Å². The number of fused-ring (bicyclic) bond motifs is 1. The van der Waals surface area contributed by atoms with E-state index in [1.165, 1.54) is 38.2 Å². The minimum Gasteiger partial charge on any atom is -0.493 e. The lowest BCUT2D eigenvalue weighted by Gasteiger charge is -2.24. The van der Waals surface area contributed by atoms with Gasteiger partial charge in [-0.1, -0.05) is 18.2 Å². The maximum Gasteiger partial charge on any atom is 0.122 e. The fourth-order valence-electron chi connectivity index (χ4n) is 3.44. The van der Waals surface area contributed by atoms with Gasteiger partial charge in [0.15, 0.2) is 0 Å². The number of benzene rings is 1. The van der Waals surface area contributed by atoms with Crippen molar-refractivity contribution in [2.75, 3.05) is 52.4 Å². The van der Waals surface area contributed by atoms with E-state index in [2.05, 4.69) is 34.1 Å². The Morgan fingerprint density at radius 2 is 1.90 bits per heavy atom. The van der Waals surface area contributed by atoms with Crippen molar-refractivity contribution in [2.45, 2.75) is 18.8 Å². The minimum absolute atomic E-state index is 0.539. The van der Waals surface area contributed by atoms with Crippen LogP contribution in [0.1, 0.15) is 24.3 Å². The van der Waals surface area contributed by atoms with E-state index in [0.29, 0.717) is 5.92 Å². The normalized spacial score (nSPS) is 23.6. The molecule has 1 saturated heterocycles. The first-order valence-corrected chi connectivity index (χ1v) is 8.23. The molecule has 2 aliphatic heterocycles. The third-order valence-corrected chi connectivity index (χ3v) is 4.64. The molecule has 0 bridgehead atoms. The van der Waals surface area contributed by atoms with E-state index >= 15 is 0 Å². The molecule has 116 valence electrons. The molecule has 1 atom stereocenters. The highest BCUT2D eigenvalue weighted by molar-refractivity contribution is 5.39. The summed E-state index contributed by atoms with van der Waals surface area (Å²) in [6, 6.07) is 8.49. The molecule has 0 amide bonds. The second-order valence-corrected chi connectivity index (χ2v) is 6.18. The average Bonchev–Trinajstić information content (AvgIpc) is 2.78. The minimum atomic E-state index is 0.539. The number of hydrogen-bond donors (Lipinski definition) is 1. The predicted octanol–water partition coefficient (Wildman–Crippen LogP) is 1.52. The molecule has 1 fully saturated rings. The van der Waals surface area contributed by atoms with Crippen LogP contribution in [0, 0.1) is 0 Å². The van der Waals surface area contributed by atoms with Gasteiger partial charge < -0.3 is 20.3 Å². The van der Waals surface area contributed by atoms with E-state index in [1.807, 2.05) is 0 Å². The van der Waals surface area contributed by atoms with Gasteiger partial charge in [-0.25, -0.2) is 0 Å². The van der Waals surface area contributed by atoms with Crippen LogP contribution < -0.4 is 10.5 Å². The first kappa shape index (κ1) is 14.8. The van der Waals surface area contributed by atoms with E-state index in [4.69, 9.17) is 10.5 Å². The van der Waals surface area contributed by atoms with Crippen LogP contribution in [0.4, 0.5) is 0 Å². The monoisotopic (exact) mass is 289 g/mol. The van der Waals surface area contributed by atoms with Gasteiger partial charge in [-0.2, -0.15) is 0 Å². The highest BCUT2D eigenvalue weighted by atomic mass is 16.5. The van der Waals surface area contributed by atoms with Crippen LogP contribution in [0.15, 0.2) is 24.3 Å².